The molecule has 0 saturated carbocycles. The molecular formula is C21H27BrClNO3. The van der Waals surface area contributed by atoms with Crippen molar-refractivity contribution >= 4 is 27.5 Å². The third-order valence-corrected chi connectivity index (χ3v) is 4.93. The molecule has 0 aliphatic heterocycles. The first-order valence-corrected chi connectivity index (χ1v) is 10.2. The molecule has 0 saturated heterocycles. The molecule has 0 amide bonds. The smallest absolute Gasteiger partial charge is 0.167 e. The van der Waals surface area contributed by atoms with Gasteiger partial charge in [0.15, 0.2) is 11.5 Å². The van der Waals surface area contributed by atoms with Gasteiger partial charge >= 0.3 is 0 Å². The molecule has 4 nitrogen and oxygen atoms in total. The number of hydrogen-bond donors (Lipinski definition) is 1. The van der Waals surface area contributed by atoms with Gasteiger partial charge < -0.3 is 19.5 Å². The highest BCUT2D eigenvalue weighted by Gasteiger charge is 2.14. The van der Waals surface area contributed by atoms with E-state index in [0.29, 0.717) is 23.9 Å². The predicted molar refractivity (Wildman–Crippen MR) is 114 cm³/mol. The lowest BCUT2D eigenvalue weighted by Gasteiger charge is -2.17. The van der Waals surface area contributed by atoms with E-state index in [1.54, 1.807) is 7.11 Å². The molecular weight excluding hydrogens is 430 g/mol. The Bertz CT molecular complexity index is 707. The van der Waals surface area contributed by atoms with Crippen molar-refractivity contribution < 1.29 is 14.2 Å². The second kappa shape index (κ2) is 11.5. The van der Waals surface area contributed by atoms with Crippen molar-refractivity contribution in [3.05, 3.63) is 57.0 Å². The van der Waals surface area contributed by atoms with Crippen LogP contribution in [0.25, 0.3) is 0 Å². The summed E-state index contributed by atoms with van der Waals surface area (Å²) >= 11 is 9.58. The average Bonchev–Trinajstić information content (AvgIpc) is 2.65. The van der Waals surface area contributed by atoms with Gasteiger partial charge in [-0.3, -0.25) is 0 Å². The molecule has 0 radical (unpaired) electrons. The fourth-order valence-electron chi connectivity index (χ4n) is 2.53. The summed E-state index contributed by atoms with van der Waals surface area (Å²) in [6, 6.07) is 11.5. The van der Waals surface area contributed by atoms with Crippen LogP contribution in [-0.4, -0.2) is 26.4 Å². The van der Waals surface area contributed by atoms with E-state index >= 15 is 0 Å². The molecule has 2 aromatic carbocycles. The second-order valence-electron chi connectivity index (χ2n) is 6.42. The SMILES string of the molecule is COc1ccc(Br)c(CNCCCOC(C)C)c1OCc1ccc(Cl)cc1. The third-order valence-electron chi connectivity index (χ3n) is 3.93. The molecule has 0 spiro atoms. The summed E-state index contributed by atoms with van der Waals surface area (Å²) in [5, 5.41) is 4.16. The molecule has 0 fully saturated rings. The molecule has 27 heavy (non-hydrogen) atoms. The molecule has 148 valence electrons. The van der Waals surface area contributed by atoms with Crippen molar-refractivity contribution in [3.63, 3.8) is 0 Å². The summed E-state index contributed by atoms with van der Waals surface area (Å²) in [6.07, 6.45) is 1.23. The van der Waals surface area contributed by atoms with Crippen molar-refractivity contribution in [2.45, 2.75) is 39.5 Å². The van der Waals surface area contributed by atoms with Crippen LogP contribution in [-0.2, 0) is 17.9 Å². The molecule has 6 heteroatoms. The van der Waals surface area contributed by atoms with Crippen LogP contribution in [0.5, 0.6) is 11.5 Å². The van der Waals surface area contributed by atoms with E-state index in [9.17, 15) is 0 Å². The molecule has 0 aliphatic rings. The zero-order valence-electron chi connectivity index (χ0n) is 16.1. The van der Waals surface area contributed by atoms with Gasteiger partial charge in [-0.25, -0.2) is 0 Å². The summed E-state index contributed by atoms with van der Waals surface area (Å²) in [5.41, 5.74) is 2.08. The summed E-state index contributed by atoms with van der Waals surface area (Å²) in [4.78, 5) is 0. The molecule has 0 unspecified atom stereocenters. The summed E-state index contributed by atoms with van der Waals surface area (Å²) in [6.45, 7) is 6.83. The Labute approximate surface area is 175 Å². The lowest BCUT2D eigenvalue weighted by atomic mass is 10.1. The van der Waals surface area contributed by atoms with E-state index in [0.717, 1.165) is 40.9 Å². The minimum atomic E-state index is 0.269. The summed E-state index contributed by atoms with van der Waals surface area (Å²) < 4.78 is 18.2. The first kappa shape index (κ1) is 22.0. The van der Waals surface area contributed by atoms with Gasteiger partial charge in [0.05, 0.1) is 13.2 Å². The van der Waals surface area contributed by atoms with Gasteiger partial charge in [0.25, 0.3) is 0 Å². The number of rotatable bonds is 11. The molecule has 0 aliphatic carbocycles. The Kier molecular flexibility index (Phi) is 9.42. The molecule has 2 aromatic rings. The normalized spacial score (nSPS) is 11.0. The fourth-order valence-corrected chi connectivity index (χ4v) is 3.11. The molecule has 0 atom stereocenters. The monoisotopic (exact) mass is 455 g/mol. The maximum Gasteiger partial charge on any atom is 0.167 e. The number of benzene rings is 2. The maximum atomic E-state index is 6.11. The number of ether oxygens (including phenoxy) is 3. The first-order valence-electron chi connectivity index (χ1n) is 9.06. The van der Waals surface area contributed by atoms with Crippen molar-refractivity contribution in [1.82, 2.24) is 5.32 Å². The van der Waals surface area contributed by atoms with Crippen molar-refractivity contribution in [3.8, 4) is 11.5 Å². The minimum Gasteiger partial charge on any atom is -0.493 e. The van der Waals surface area contributed by atoms with E-state index < -0.39 is 0 Å². The molecule has 0 aromatic heterocycles. The molecule has 0 heterocycles. The van der Waals surface area contributed by atoms with Crippen molar-refractivity contribution in [1.29, 1.82) is 0 Å². The van der Waals surface area contributed by atoms with Crippen molar-refractivity contribution in [2.75, 3.05) is 20.3 Å². The molecule has 0 bridgehead atoms. The van der Waals surface area contributed by atoms with Gasteiger partial charge in [-0.2, -0.15) is 0 Å². The zero-order chi connectivity index (χ0) is 19.6. The zero-order valence-corrected chi connectivity index (χ0v) is 18.4. The Morgan fingerprint density at radius 1 is 1.11 bits per heavy atom. The fraction of sp³-hybridized carbons (Fsp3) is 0.429. The summed E-state index contributed by atoms with van der Waals surface area (Å²) in [5.74, 6) is 1.46. The first-order chi connectivity index (χ1) is 13.0. The Balaban J connectivity index is 2.01. The van der Waals surface area contributed by atoms with Gasteiger partial charge in [0.1, 0.15) is 6.61 Å². The van der Waals surface area contributed by atoms with Crippen LogP contribution in [0.4, 0.5) is 0 Å². The molecule has 1 N–H and O–H groups in total. The Morgan fingerprint density at radius 3 is 2.52 bits per heavy atom. The van der Waals surface area contributed by atoms with Crippen LogP contribution >= 0.6 is 27.5 Å². The molecule has 2 rings (SSSR count). The lowest BCUT2D eigenvalue weighted by molar-refractivity contribution is 0.0770. The van der Waals surface area contributed by atoms with Crippen molar-refractivity contribution in [2.24, 2.45) is 0 Å². The van der Waals surface area contributed by atoms with Crippen LogP contribution in [0.3, 0.4) is 0 Å². The topological polar surface area (TPSA) is 39.7 Å². The van der Waals surface area contributed by atoms with Gasteiger partial charge in [-0.15, -0.1) is 0 Å². The largest absolute Gasteiger partial charge is 0.493 e. The lowest BCUT2D eigenvalue weighted by Crippen LogP contribution is -2.18. The maximum absolute atomic E-state index is 6.11. The minimum absolute atomic E-state index is 0.269. The quantitative estimate of drug-likeness (QED) is 0.447. The van der Waals surface area contributed by atoms with Gasteiger partial charge in [0, 0.05) is 28.2 Å². The predicted octanol–water partition coefficient (Wildman–Crippen LogP) is 5.59. The third kappa shape index (κ3) is 7.34. The highest BCUT2D eigenvalue weighted by atomic mass is 79.9. The highest BCUT2D eigenvalue weighted by Crippen LogP contribution is 2.36. The average molecular weight is 457 g/mol. The highest BCUT2D eigenvalue weighted by molar-refractivity contribution is 9.10. The van der Waals surface area contributed by atoms with E-state index in [2.05, 4.69) is 21.2 Å². The van der Waals surface area contributed by atoms with Crippen LogP contribution in [0, 0.1) is 0 Å². The van der Waals surface area contributed by atoms with Crippen LogP contribution in [0.1, 0.15) is 31.4 Å². The van der Waals surface area contributed by atoms with Gasteiger partial charge in [0.2, 0.25) is 0 Å². The number of halogens is 2. The van der Waals surface area contributed by atoms with E-state index in [1.807, 2.05) is 50.2 Å². The summed E-state index contributed by atoms with van der Waals surface area (Å²) in [7, 11) is 1.65. The van der Waals surface area contributed by atoms with Gasteiger partial charge in [-0.05, 0) is 56.6 Å². The van der Waals surface area contributed by atoms with Crippen LogP contribution in [0.15, 0.2) is 40.9 Å². The Morgan fingerprint density at radius 2 is 1.85 bits per heavy atom. The number of hydrogen-bond acceptors (Lipinski definition) is 4. The number of methoxy groups -OCH3 is 1. The van der Waals surface area contributed by atoms with E-state index in [4.69, 9.17) is 25.8 Å². The van der Waals surface area contributed by atoms with Crippen LogP contribution < -0.4 is 14.8 Å². The standard InChI is InChI=1S/C21H27BrClNO3/c1-15(2)26-12-4-11-24-13-18-19(22)9-10-20(25-3)21(18)27-14-16-5-7-17(23)8-6-16/h5-10,15,24H,4,11-14H2,1-3H3. The second-order valence-corrected chi connectivity index (χ2v) is 7.71. The number of nitrogens with one attached hydrogen (secondary N) is 1. The van der Waals surface area contributed by atoms with E-state index in [1.165, 1.54) is 0 Å². The van der Waals surface area contributed by atoms with E-state index in [-0.39, 0.29) is 6.10 Å². The Hall–Kier alpha value is -1.27. The van der Waals surface area contributed by atoms with Crippen LogP contribution in [0.2, 0.25) is 5.02 Å². The van der Waals surface area contributed by atoms with Gasteiger partial charge in [-0.1, -0.05) is 39.7 Å².